The number of ketones is 1. The van der Waals surface area contributed by atoms with E-state index in [1.807, 2.05) is 6.07 Å². The molecule has 0 fully saturated rings. The summed E-state index contributed by atoms with van der Waals surface area (Å²) >= 11 is 0. The summed E-state index contributed by atoms with van der Waals surface area (Å²) in [6.45, 7) is 0.827. The van der Waals surface area contributed by atoms with Crippen LogP contribution in [0.15, 0.2) is 65.3 Å². The Morgan fingerprint density at radius 2 is 1.57 bits per heavy atom. The third kappa shape index (κ3) is 3.75. The van der Waals surface area contributed by atoms with Gasteiger partial charge in [0.25, 0.3) is 11.8 Å². The van der Waals surface area contributed by atoms with Gasteiger partial charge >= 0.3 is 6.01 Å². The van der Waals surface area contributed by atoms with Gasteiger partial charge in [0, 0.05) is 16.7 Å². The van der Waals surface area contributed by atoms with Crippen molar-refractivity contribution in [2.45, 2.75) is 0 Å². The zero-order chi connectivity index (χ0) is 19.3. The monoisotopic (exact) mass is 377 g/mol. The standard InChI is InChI=1S/C20H15N3O5/c24-17(13-4-2-1-3-5-13)14-6-8-15(9-7-14)18(25)21-20-23-22-19(28-20)16-12-26-10-11-27-16/h1-9,12H,10-11H2,(H,21,23,25). The van der Waals surface area contributed by atoms with Gasteiger partial charge in [-0.25, -0.2) is 0 Å². The zero-order valence-corrected chi connectivity index (χ0v) is 14.6. The fourth-order valence-electron chi connectivity index (χ4n) is 2.55. The van der Waals surface area contributed by atoms with E-state index in [1.54, 1.807) is 48.5 Å². The Balaban J connectivity index is 1.43. The van der Waals surface area contributed by atoms with Gasteiger partial charge in [-0.1, -0.05) is 47.6 Å². The second-order valence-corrected chi connectivity index (χ2v) is 5.84. The van der Waals surface area contributed by atoms with Crippen molar-refractivity contribution in [3.63, 3.8) is 0 Å². The zero-order valence-electron chi connectivity index (χ0n) is 14.6. The number of amides is 1. The largest absolute Gasteiger partial charge is 0.494 e. The number of rotatable bonds is 5. The van der Waals surface area contributed by atoms with E-state index in [1.165, 1.54) is 6.26 Å². The predicted octanol–water partition coefficient (Wildman–Crippen LogP) is 2.90. The summed E-state index contributed by atoms with van der Waals surface area (Å²) in [6.07, 6.45) is 1.38. The number of nitrogens with zero attached hydrogens (tertiary/aromatic N) is 2. The van der Waals surface area contributed by atoms with Crippen LogP contribution in [0.3, 0.4) is 0 Å². The van der Waals surface area contributed by atoms with Gasteiger partial charge in [-0.15, -0.1) is 5.10 Å². The van der Waals surface area contributed by atoms with Crippen molar-refractivity contribution in [3.05, 3.63) is 83.4 Å². The van der Waals surface area contributed by atoms with Crippen LogP contribution in [-0.4, -0.2) is 35.1 Å². The van der Waals surface area contributed by atoms with E-state index in [-0.39, 0.29) is 17.7 Å². The number of carbonyl (C=O) groups excluding carboxylic acids is 2. The van der Waals surface area contributed by atoms with Crippen LogP contribution in [0.4, 0.5) is 6.01 Å². The van der Waals surface area contributed by atoms with Gasteiger partial charge in [0.05, 0.1) is 0 Å². The third-order valence-electron chi connectivity index (χ3n) is 3.95. The molecule has 8 heteroatoms. The van der Waals surface area contributed by atoms with Crippen molar-refractivity contribution in [1.82, 2.24) is 10.2 Å². The van der Waals surface area contributed by atoms with Crippen LogP contribution in [0, 0.1) is 0 Å². The number of hydrogen-bond acceptors (Lipinski definition) is 7. The third-order valence-corrected chi connectivity index (χ3v) is 3.95. The minimum atomic E-state index is -0.441. The van der Waals surface area contributed by atoms with E-state index < -0.39 is 5.91 Å². The van der Waals surface area contributed by atoms with Crippen molar-refractivity contribution in [1.29, 1.82) is 0 Å². The lowest BCUT2D eigenvalue weighted by Gasteiger charge is -2.11. The van der Waals surface area contributed by atoms with Gasteiger partial charge in [0.1, 0.15) is 19.5 Å². The van der Waals surface area contributed by atoms with E-state index in [0.29, 0.717) is 35.7 Å². The van der Waals surface area contributed by atoms with Crippen LogP contribution in [-0.2, 0) is 9.47 Å². The van der Waals surface area contributed by atoms with Gasteiger partial charge in [-0.2, -0.15) is 0 Å². The molecule has 3 aromatic rings. The number of hydrogen-bond donors (Lipinski definition) is 1. The van der Waals surface area contributed by atoms with Crippen molar-refractivity contribution >= 4 is 23.5 Å². The van der Waals surface area contributed by atoms with Crippen LogP contribution in [0.25, 0.3) is 5.76 Å². The first kappa shape index (κ1) is 17.5. The number of nitrogens with one attached hydrogen (secondary N) is 1. The molecule has 0 atom stereocenters. The van der Waals surface area contributed by atoms with Crippen LogP contribution >= 0.6 is 0 Å². The van der Waals surface area contributed by atoms with Crippen LogP contribution in [0.5, 0.6) is 0 Å². The second-order valence-electron chi connectivity index (χ2n) is 5.84. The highest BCUT2D eigenvalue weighted by atomic mass is 16.6. The van der Waals surface area contributed by atoms with Gasteiger partial charge in [-0.3, -0.25) is 14.9 Å². The molecule has 0 radical (unpaired) electrons. The molecule has 1 aliphatic heterocycles. The second kappa shape index (κ2) is 7.75. The number of aromatic nitrogens is 2. The fraction of sp³-hybridized carbons (Fsp3) is 0.100. The van der Waals surface area contributed by atoms with Crippen LogP contribution in [0.1, 0.15) is 32.2 Å². The number of ether oxygens (including phenoxy) is 2. The minimum Gasteiger partial charge on any atom is -0.494 e. The molecule has 8 nitrogen and oxygen atoms in total. The summed E-state index contributed by atoms with van der Waals surface area (Å²) in [4.78, 5) is 24.8. The summed E-state index contributed by atoms with van der Waals surface area (Å²) in [5.74, 6) is -0.136. The topological polar surface area (TPSA) is 104 Å². The molecule has 1 amide bonds. The summed E-state index contributed by atoms with van der Waals surface area (Å²) in [7, 11) is 0. The van der Waals surface area contributed by atoms with Crippen molar-refractivity contribution in [2.24, 2.45) is 0 Å². The molecular weight excluding hydrogens is 362 g/mol. The lowest BCUT2D eigenvalue weighted by molar-refractivity contribution is 0.101. The van der Waals surface area contributed by atoms with Gasteiger partial charge in [-0.05, 0) is 12.1 Å². The highest BCUT2D eigenvalue weighted by Crippen LogP contribution is 2.19. The van der Waals surface area contributed by atoms with E-state index in [0.717, 1.165) is 0 Å². The molecule has 2 aromatic carbocycles. The molecule has 0 bridgehead atoms. The molecule has 140 valence electrons. The first-order valence-electron chi connectivity index (χ1n) is 8.50. The van der Waals surface area contributed by atoms with Gasteiger partial charge in [0.15, 0.2) is 5.78 Å². The Morgan fingerprint density at radius 1 is 0.857 bits per heavy atom. The molecule has 28 heavy (non-hydrogen) atoms. The molecular formula is C20H15N3O5. The summed E-state index contributed by atoms with van der Waals surface area (Å²) in [6, 6.07) is 15.2. The highest BCUT2D eigenvalue weighted by molar-refractivity contribution is 6.10. The van der Waals surface area contributed by atoms with E-state index in [9.17, 15) is 9.59 Å². The molecule has 0 aliphatic carbocycles. The fourth-order valence-corrected chi connectivity index (χ4v) is 2.55. The van der Waals surface area contributed by atoms with Crippen LogP contribution in [0.2, 0.25) is 0 Å². The first-order valence-corrected chi connectivity index (χ1v) is 8.50. The predicted molar refractivity (Wildman–Crippen MR) is 98.4 cm³/mol. The molecule has 1 N–H and O–H groups in total. The van der Waals surface area contributed by atoms with Gasteiger partial charge < -0.3 is 13.9 Å². The van der Waals surface area contributed by atoms with Crippen molar-refractivity contribution < 1.29 is 23.5 Å². The summed E-state index contributed by atoms with van der Waals surface area (Å²) in [5, 5.41) is 10.1. The first-order chi connectivity index (χ1) is 13.7. The van der Waals surface area contributed by atoms with E-state index in [4.69, 9.17) is 13.9 Å². The molecule has 4 rings (SSSR count). The molecule has 1 aromatic heterocycles. The summed E-state index contributed by atoms with van der Waals surface area (Å²) in [5.41, 5.74) is 1.42. The maximum Gasteiger partial charge on any atom is 0.322 e. The number of carbonyl (C=O) groups is 2. The molecule has 0 saturated heterocycles. The molecule has 0 spiro atoms. The van der Waals surface area contributed by atoms with E-state index >= 15 is 0 Å². The van der Waals surface area contributed by atoms with Crippen LogP contribution < -0.4 is 5.32 Å². The Morgan fingerprint density at radius 3 is 2.29 bits per heavy atom. The molecule has 2 heterocycles. The molecule has 1 aliphatic rings. The van der Waals surface area contributed by atoms with Crippen molar-refractivity contribution in [3.8, 4) is 0 Å². The smallest absolute Gasteiger partial charge is 0.322 e. The average Bonchev–Trinajstić information content (AvgIpc) is 3.23. The Hall–Kier alpha value is -3.94. The normalized spacial score (nSPS) is 13.1. The maximum atomic E-state index is 12.4. The minimum absolute atomic E-state index is 0.0699. The quantitative estimate of drug-likeness (QED) is 0.682. The molecule has 0 unspecified atom stereocenters. The highest BCUT2D eigenvalue weighted by Gasteiger charge is 2.18. The lowest BCUT2D eigenvalue weighted by Crippen LogP contribution is -2.12. The summed E-state index contributed by atoms with van der Waals surface area (Å²) < 4.78 is 15.8. The maximum absolute atomic E-state index is 12.4. The van der Waals surface area contributed by atoms with Crippen molar-refractivity contribution in [2.75, 3.05) is 18.5 Å². The van der Waals surface area contributed by atoms with E-state index in [2.05, 4.69) is 15.5 Å². The Labute approximate surface area is 159 Å². The lowest BCUT2D eigenvalue weighted by atomic mass is 10.0. The Bertz CT molecular complexity index is 1030. The van der Waals surface area contributed by atoms with Gasteiger partial charge in [0.2, 0.25) is 5.76 Å². The average molecular weight is 377 g/mol. The number of anilines is 1. The molecule has 0 saturated carbocycles. The SMILES string of the molecule is O=C(Nc1nnc(C2=COCCO2)o1)c1ccc(C(=O)c2ccccc2)cc1. The number of benzene rings is 2. The Kier molecular flexibility index (Phi) is 4.83.